The molecule has 1 aromatic heterocycles. The van der Waals surface area contributed by atoms with Crippen LogP contribution in [0.25, 0.3) is 11.0 Å². The van der Waals surface area contributed by atoms with Crippen molar-refractivity contribution in [3.63, 3.8) is 0 Å². The summed E-state index contributed by atoms with van der Waals surface area (Å²) in [6.07, 6.45) is 3.61. The molecule has 1 aliphatic carbocycles. The molecule has 0 atom stereocenters. The molecule has 0 bridgehead atoms. The van der Waals surface area contributed by atoms with E-state index in [1.54, 1.807) is 0 Å². The monoisotopic (exact) mass is 326 g/mol. The van der Waals surface area contributed by atoms with Crippen LogP contribution in [0.1, 0.15) is 31.7 Å². The van der Waals surface area contributed by atoms with Crippen LogP contribution in [0.2, 0.25) is 0 Å². The van der Waals surface area contributed by atoms with Crippen molar-refractivity contribution in [1.82, 2.24) is 9.55 Å². The Bertz CT molecular complexity index is 625. The highest BCUT2D eigenvalue weighted by Gasteiger charge is 2.22. The Morgan fingerprint density at radius 2 is 2.00 bits per heavy atom. The molecule has 18 heavy (non-hydrogen) atoms. The number of hydrogen-bond donors (Lipinski definition) is 2. The number of fused-ring (bicyclic) bond motifs is 1. The van der Waals surface area contributed by atoms with Gasteiger partial charge in [-0.1, -0.05) is 15.9 Å². The number of rotatable bonds is 1. The summed E-state index contributed by atoms with van der Waals surface area (Å²) in [7, 11) is 0. The number of H-pyrrole nitrogens is 1. The molecule has 0 spiro atoms. The zero-order chi connectivity index (χ0) is 12.7. The quantitative estimate of drug-likeness (QED) is 0.779. The number of benzene rings is 1. The van der Waals surface area contributed by atoms with Crippen molar-refractivity contribution in [2.45, 2.75) is 37.8 Å². The maximum atomic E-state index is 9.59. The number of halogens is 1. The molecule has 2 N–H and O–H groups in total. The molecule has 1 aliphatic rings. The summed E-state index contributed by atoms with van der Waals surface area (Å²) in [5.41, 5.74) is 2.23. The molecule has 1 saturated carbocycles. The van der Waals surface area contributed by atoms with Crippen molar-refractivity contribution in [2.75, 3.05) is 0 Å². The van der Waals surface area contributed by atoms with E-state index in [9.17, 15) is 5.11 Å². The molecule has 0 saturated heterocycles. The minimum atomic E-state index is -0.130. The number of aromatic amines is 1. The first-order chi connectivity index (χ1) is 8.65. The molecule has 1 fully saturated rings. The van der Waals surface area contributed by atoms with Gasteiger partial charge in [0.2, 0.25) is 0 Å². The van der Waals surface area contributed by atoms with Crippen LogP contribution in [-0.2, 0) is 0 Å². The van der Waals surface area contributed by atoms with Crippen LogP contribution in [0.3, 0.4) is 0 Å². The van der Waals surface area contributed by atoms with Gasteiger partial charge in [0.25, 0.3) is 0 Å². The van der Waals surface area contributed by atoms with Gasteiger partial charge < -0.3 is 14.7 Å². The number of nitrogens with one attached hydrogen (secondary N) is 1. The molecule has 2 aromatic rings. The fourth-order valence-corrected chi connectivity index (χ4v) is 3.50. The lowest BCUT2D eigenvalue weighted by molar-refractivity contribution is 0.111. The molecule has 0 aliphatic heterocycles. The van der Waals surface area contributed by atoms with Gasteiger partial charge >= 0.3 is 0 Å². The normalized spacial score (nSPS) is 24.6. The number of nitrogens with zero attached hydrogens (tertiary/aromatic N) is 1. The van der Waals surface area contributed by atoms with Crippen molar-refractivity contribution in [3.8, 4) is 0 Å². The van der Waals surface area contributed by atoms with Gasteiger partial charge in [-0.05, 0) is 56.1 Å². The number of aliphatic hydroxyl groups excluding tert-OH is 1. The molecular weight excluding hydrogens is 312 g/mol. The van der Waals surface area contributed by atoms with Crippen LogP contribution in [-0.4, -0.2) is 20.8 Å². The lowest BCUT2D eigenvalue weighted by Crippen LogP contribution is -2.21. The van der Waals surface area contributed by atoms with Crippen molar-refractivity contribution < 1.29 is 5.11 Å². The minimum absolute atomic E-state index is 0.130. The van der Waals surface area contributed by atoms with Crippen LogP contribution >= 0.6 is 28.1 Å². The van der Waals surface area contributed by atoms with Crippen LogP contribution in [0.5, 0.6) is 0 Å². The summed E-state index contributed by atoms with van der Waals surface area (Å²) in [4.78, 5) is 3.26. The second kappa shape index (κ2) is 4.79. The molecule has 3 nitrogen and oxygen atoms in total. The van der Waals surface area contributed by atoms with E-state index >= 15 is 0 Å². The Kier molecular flexibility index (Phi) is 3.30. The Hall–Kier alpha value is -0.650. The highest BCUT2D eigenvalue weighted by molar-refractivity contribution is 9.10. The molecule has 1 aromatic carbocycles. The number of aromatic nitrogens is 2. The van der Waals surface area contributed by atoms with Gasteiger partial charge in [0.05, 0.1) is 17.1 Å². The summed E-state index contributed by atoms with van der Waals surface area (Å²) in [5.74, 6) is 0. The van der Waals surface area contributed by atoms with E-state index in [1.807, 2.05) is 6.07 Å². The highest BCUT2D eigenvalue weighted by Crippen LogP contribution is 2.32. The fraction of sp³-hybridized carbons (Fsp3) is 0.462. The molecule has 5 heteroatoms. The van der Waals surface area contributed by atoms with E-state index in [4.69, 9.17) is 12.2 Å². The summed E-state index contributed by atoms with van der Waals surface area (Å²) >= 11 is 8.91. The molecule has 0 amide bonds. The van der Waals surface area contributed by atoms with E-state index in [-0.39, 0.29) is 6.10 Å². The minimum Gasteiger partial charge on any atom is -0.393 e. The Morgan fingerprint density at radius 3 is 2.72 bits per heavy atom. The van der Waals surface area contributed by atoms with Gasteiger partial charge in [-0.2, -0.15) is 0 Å². The summed E-state index contributed by atoms with van der Waals surface area (Å²) in [6.45, 7) is 0. The molecule has 96 valence electrons. The fourth-order valence-electron chi connectivity index (χ4n) is 2.78. The predicted molar refractivity (Wildman–Crippen MR) is 78.3 cm³/mol. The van der Waals surface area contributed by atoms with Crippen LogP contribution in [0.15, 0.2) is 22.7 Å². The van der Waals surface area contributed by atoms with Crippen molar-refractivity contribution in [2.24, 2.45) is 0 Å². The standard InChI is InChI=1S/C13H15BrN2OS/c14-8-1-6-12-11(7-8)15-13(18)16(12)9-2-4-10(17)5-3-9/h1,6-7,9-10,17H,2-5H2,(H,15,18). The third-order valence-electron chi connectivity index (χ3n) is 3.71. The number of hydrogen-bond acceptors (Lipinski definition) is 2. The van der Waals surface area contributed by atoms with Gasteiger partial charge in [-0.25, -0.2) is 0 Å². The average molecular weight is 327 g/mol. The van der Waals surface area contributed by atoms with E-state index in [0.717, 1.165) is 46.0 Å². The number of aliphatic hydroxyl groups is 1. The first kappa shape index (κ1) is 12.4. The molecular formula is C13H15BrN2OS. The van der Waals surface area contributed by atoms with Crippen LogP contribution in [0.4, 0.5) is 0 Å². The largest absolute Gasteiger partial charge is 0.393 e. The second-order valence-corrected chi connectivity index (χ2v) is 6.23. The van der Waals surface area contributed by atoms with E-state index in [1.165, 1.54) is 0 Å². The lowest BCUT2D eigenvalue weighted by Gasteiger charge is -2.26. The molecule has 3 rings (SSSR count). The summed E-state index contributed by atoms with van der Waals surface area (Å²) < 4.78 is 4.05. The third kappa shape index (κ3) is 2.15. The lowest BCUT2D eigenvalue weighted by atomic mass is 9.93. The topological polar surface area (TPSA) is 41.0 Å². The van der Waals surface area contributed by atoms with Crippen molar-refractivity contribution in [1.29, 1.82) is 0 Å². The van der Waals surface area contributed by atoms with Gasteiger partial charge in [0.15, 0.2) is 4.77 Å². The maximum Gasteiger partial charge on any atom is 0.178 e. The second-order valence-electron chi connectivity index (χ2n) is 4.92. The Balaban J connectivity index is 2.06. The smallest absolute Gasteiger partial charge is 0.178 e. The van der Waals surface area contributed by atoms with Crippen LogP contribution in [0, 0.1) is 4.77 Å². The van der Waals surface area contributed by atoms with Gasteiger partial charge in [0.1, 0.15) is 0 Å². The first-order valence-electron chi connectivity index (χ1n) is 6.23. The first-order valence-corrected chi connectivity index (χ1v) is 7.43. The van der Waals surface area contributed by atoms with Crippen molar-refractivity contribution in [3.05, 3.63) is 27.4 Å². The Morgan fingerprint density at radius 1 is 1.28 bits per heavy atom. The van der Waals surface area contributed by atoms with Gasteiger partial charge in [-0.15, -0.1) is 0 Å². The molecule has 0 radical (unpaired) electrons. The van der Waals surface area contributed by atoms with E-state index in [0.29, 0.717) is 6.04 Å². The Labute approximate surface area is 119 Å². The van der Waals surface area contributed by atoms with Gasteiger partial charge in [-0.3, -0.25) is 0 Å². The van der Waals surface area contributed by atoms with Gasteiger partial charge in [0, 0.05) is 10.5 Å². The zero-order valence-electron chi connectivity index (χ0n) is 9.90. The molecule has 0 unspecified atom stereocenters. The SMILES string of the molecule is OC1CCC(n2c(=S)[nH]c3cc(Br)ccc32)CC1. The summed E-state index contributed by atoms with van der Waals surface area (Å²) in [5, 5.41) is 9.59. The predicted octanol–water partition coefficient (Wildman–Crippen LogP) is 3.94. The molecule has 1 heterocycles. The van der Waals surface area contributed by atoms with Crippen molar-refractivity contribution >= 4 is 39.2 Å². The average Bonchev–Trinajstić information content (AvgIpc) is 2.65. The van der Waals surface area contributed by atoms with E-state index < -0.39 is 0 Å². The third-order valence-corrected chi connectivity index (χ3v) is 4.50. The highest BCUT2D eigenvalue weighted by atomic mass is 79.9. The van der Waals surface area contributed by atoms with Crippen LogP contribution < -0.4 is 0 Å². The maximum absolute atomic E-state index is 9.59. The van der Waals surface area contributed by atoms with E-state index in [2.05, 4.69) is 37.6 Å². The zero-order valence-corrected chi connectivity index (χ0v) is 12.3. The number of imidazole rings is 1. The summed E-state index contributed by atoms with van der Waals surface area (Å²) in [6, 6.07) is 6.60.